The molecule has 1 aromatic carbocycles. The summed E-state index contributed by atoms with van der Waals surface area (Å²) in [6, 6.07) is 7.63. The van der Waals surface area contributed by atoms with Crippen molar-refractivity contribution in [3.05, 3.63) is 43.0 Å². The first-order valence-electron chi connectivity index (χ1n) is 7.51. The van der Waals surface area contributed by atoms with E-state index in [4.69, 9.17) is 0 Å². The van der Waals surface area contributed by atoms with Crippen LogP contribution in [-0.4, -0.2) is 33.2 Å². The van der Waals surface area contributed by atoms with E-state index in [-0.39, 0.29) is 23.5 Å². The lowest BCUT2D eigenvalue weighted by atomic mass is 10.2. The zero-order chi connectivity index (χ0) is 16.1. The molecule has 2 aromatic rings. The van der Waals surface area contributed by atoms with Gasteiger partial charge in [-0.15, -0.1) is 11.8 Å². The molecule has 0 radical (unpaired) electrons. The Kier molecular flexibility index (Phi) is 4.97. The summed E-state index contributed by atoms with van der Waals surface area (Å²) in [6.45, 7) is 1.40. The molecule has 0 fully saturated rings. The summed E-state index contributed by atoms with van der Waals surface area (Å²) in [5.41, 5.74) is 0.819. The van der Waals surface area contributed by atoms with E-state index < -0.39 is 0 Å². The number of thioether (sulfide) groups is 1. The molecule has 23 heavy (non-hydrogen) atoms. The first kappa shape index (κ1) is 15.6. The van der Waals surface area contributed by atoms with Crippen LogP contribution < -0.4 is 10.6 Å². The van der Waals surface area contributed by atoms with Gasteiger partial charge in [-0.2, -0.15) is 0 Å². The molecular formula is C16H18N4O2S. The molecule has 0 saturated carbocycles. The lowest BCUT2D eigenvalue weighted by Crippen LogP contribution is -2.35. The average Bonchev–Trinajstić information content (AvgIpc) is 3.06. The molecule has 2 N–H and O–H groups in total. The predicted molar refractivity (Wildman–Crippen MR) is 89.2 cm³/mol. The molecule has 1 atom stereocenters. The Balaban J connectivity index is 1.44. The SMILES string of the molecule is O=C(C[C@@H]1Sc2ccccc2NC1=O)NCCCn1ccnc1. The van der Waals surface area contributed by atoms with E-state index in [0.717, 1.165) is 23.5 Å². The third-order valence-corrected chi connectivity index (χ3v) is 4.83. The molecule has 2 heterocycles. The molecule has 7 heteroatoms. The molecule has 6 nitrogen and oxygen atoms in total. The summed E-state index contributed by atoms with van der Waals surface area (Å²) >= 11 is 1.45. The van der Waals surface area contributed by atoms with Crippen molar-refractivity contribution in [2.45, 2.75) is 29.5 Å². The molecule has 0 spiro atoms. The number of aryl methyl sites for hydroxylation is 1. The summed E-state index contributed by atoms with van der Waals surface area (Å²) in [7, 11) is 0. The smallest absolute Gasteiger partial charge is 0.238 e. The van der Waals surface area contributed by atoms with Crippen LogP contribution in [0.4, 0.5) is 5.69 Å². The number of para-hydroxylation sites is 1. The molecule has 1 aliphatic rings. The minimum absolute atomic E-state index is 0.0948. The van der Waals surface area contributed by atoms with Gasteiger partial charge >= 0.3 is 0 Å². The summed E-state index contributed by atoms with van der Waals surface area (Å²) < 4.78 is 1.97. The number of nitrogens with one attached hydrogen (secondary N) is 2. The minimum Gasteiger partial charge on any atom is -0.356 e. The van der Waals surface area contributed by atoms with E-state index >= 15 is 0 Å². The van der Waals surface area contributed by atoms with Gasteiger partial charge in [-0.05, 0) is 18.6 Å². The molecule has 2 amide bonds. The highest BCUT2D eigenvalue weighted by molar-refractivity contribution is 8.01. The number of anilines is 1. The van der Waals surface area contributed by atoms with Crippen LogP contribution in [0.1, 0.15) is 12.8 Å². The average molecular weight is 330 g/mol. The van der Waals surface area contributed by atoms with Crippen molar-refractivity contribution in [3.8, 4) is 0 Å². The fourth-order valence-electron chi connectivity index (χ4n) is 2.38. The van der Waals surface area contributed by atoms with E-state index in [1.807, 2.05) is 35.0 Å². The van der Waals surface area contributed by atoms with E-state index in [2.05, 4.69) is 15.6 Å². The Hall–Kier alpha value is -2.28. The Morgan fingerprint density at radius 3 is 3.09 bits per heavy atom. The number of aromatic nitrogens is 2. The third kappa shape index (κ3) is 4.13. The fourth-order valence-corrected chi connectivity index (χ4v) is 3.49. The normalized spacial score (nSPS) is 16.5. The number of rotatable bonds is 6. The molecule has 0 unspecified atom stereocenters. The topological polar surface area (TPSA) is 76.0 Å². The lowest BCUT2D eigenvalue weighted by Gasteiger charge is -2.23. The first-order chi connectivity index (χ1) is 11.2. The van der Waals surface area contributed by atoms with Gasteiger partial charge in [0, 0.05) is 36.8 Å². The van der Waals surface area contributed by atoms with Crippen molar-refractivity contribution in [2.24, 2.45) is 0 Å². The molecule has 0 aliphatic carbocycles. The minimum atomic E-state index is -0.376. The number of carbonyl (C=O) groups is 2. The molecule has 120 valence electrons. The van der Waals surface area contributed by atoms with Gasteiger partial charge in [-0.25, -0.2) is 4.98 Å². The van der Waals surface area contributed by atoms with Gasteiger partial charge in [0.2, 0.25) is 11.8 Å². The molecular weight excluding hydrogens is 312 g/mol. The molecule has 1 aromatic heterocycles. The van der Waals surface area contributed by atoms with Crippen LogP contribution in [0.3, 0.4) is 0 Å². The second kappa shape index (κ2) is 7.32. The summed E-state index contributed by atoms with van der Waals surface area (Å²) in [6.07, 6.45) is 6.39. The Bertz CT molecular complexity index is 687. The first-order valence-corrected chi connectivity index (χ1v) is 8.39. The summed E-state index contributed by atoms with van der Waals surface area (Å²) in [5.74, 6) is -0.204. The second-order valence-electron chi connectivity index (χ2n) is 5.30. The van der Waals surface area contributed by atoms with Crippen molar-refractivity contribution in [1.82, 2.24) is 14.9 Å². The van der Waals surface area contributed by atoms with Crippen molar-refractivity contribution >= 4 is 29.3 Å². The number of nitrogens with zero attached hydrogens (tertiary/aromatic N) is 2. The monoisotopic (exact) mass is 330 g/mol. The van der Waals surface area contributed by atoms with Gasteiger partial charge in [0.25, 0.3) is 0 Å². The van der Waals surface area contributed by atoms with E-state index in [1.54, 1.807) is 12.5 Å². The number of benzene rings is 1. The number of fused-ring (bicyclic) bond motifs is 1. The summed E-state index contributed by atoms with van der Waals surface area (Å²) in [5, 5.41) is 5.35. The fraction of sp³-hybridized carbons (Fsp3) is 0.312. The largest absolute Gasteiger partial charge is 0.356 e. The van der Waals surface area contributed by atoms with Crippen molar-refractivity contribution in [1.29, 1.82) is 0 Å². The maximum absolute atomic E-state index is 12.1. The highest BCUT2D eigenvalue weighted by Crippen LogP contribution is 2.36. The van der Waals surface area contributed by atoms with Gasteiger partial charge < -0.3 is 15.2 Å². The highest BCUT2D eigenvalue weighted by atomic mass is 32.2. The maximum Gasteiger partial charge on any atom is 0.238 e. The van der Waals surface area contributed by atoms with E-state index in [9.17, 15) is 9.59 Å². The van der Waals surface area contributed by atoms with Crippen molar-refractivity contribution in [2.75, 3.05) is 11.9 Å². The van der Waals surface area contributed by atoms with Gasteiger partial charge in [0.15, 0.2) is 0 Å². The number of carbonyl (C=O) groups excluding carboxylic acids is 2. The molecule has 0 bridgehead atoms. The third-order valence-electron chi connectivity index (χ3n) is 3.55. The standard InChI is InChI=1S/C16H18N4O2S/c21-15(18-6-3-8-20-9-7-17-11-20)10-14-16(22)19-12-4-1-2-5-13(12)23-14/h1-2,4-5,7,9,11,14H,3,6,8,10H2,(H,18,21)(H,19,22)/t14-/m0/s1. The van der Waals surface area contributed by atoms with Crippen LogP contribution in [-0.2, 0) is 16.1 Å². The zero-order valence-corrected chi connectivity index (χ0v) is 13.4. The Morgan fingerprint density at radius 2 is 2.26 bits per heavy atom. The number of amides is 2. The quantitative estimate of drug-likeness (QED) is 0.793. The molecule has 3 rings (SSSR count). The van der Waals surface area contributed by atoms with Crippen LogP contribution in [0.5, 0.6) is 0 Å². The number of imidazole rings is 1. The molecule has 1 aliphatic heterocycles. The van der Waals surface area contributed by atoms with Crippen LogP contribution in [0.2, 0.25) is 0 Å². The second-order valence-corrected chi connectivity index (χ2v) is 6.54. The van der Waals surface area contributed by atoms with Crippen LogP contribution >= 0.6 is 11.8 Å². The van der Waals surface area contributed by atoms with E-state index in [1.165, 1.54) is 11.8 Å². The van der Waals surface area contributed by atoms with Crippen molar-refractivity contribution in [3.63, 3.8) is 0 Å². The van der Waals surface area contributed by atoms with Gasteiger partial charge in [0.05, 0.1) is 17.3 Å². The van der Waals surface area contributed by atoms with Crippen molar-refractivity contribution < 1.29 is 9.59 Å². The van der Waals surface area contributed by atoms with Crippen LogP contribution in [0.15, 0.2) is 47.9 Å². The Morgan fingerprint density at radius 1 is 1.39 bits per heavy atom. The zero-order valence-electron chi connectivity index (χ0n) is 12.6. The number of hydrogen-bond donors (Lipinski definition) is 2. The predicted octanol–water partition coefficient (Wildman–Crippen LogP) is 1.89. The Labute approximate surface area is 138 Å². The highest BCUT2D eigenvalue weighted by Gasteiger charge is 2.28. The van der Waals surface area contributed by atoms with E-state index in [0.29, 0.717) is 6.54 Å². The van der Waals surface area contributed by atoms with Crippen LogP contribution in [0, 0.1) is 0 Å². The molecule has 0 saturated heterocycles. The van der Waals surface area contributed by atoms with Gasteiger partial charge in [0.1, 0.15) is 0 Å². The lowest BCUT2D eigenvalue weighted by molar-refractivity contribution is -0.124. The van der Waals surface area contributed by atoms with Gasteiger partial charge in [-0.3, -0.25) is 9.59 Å². The van der Waals surface area contributed by atoms with Gasteiger partial charge in [-0.1, -0.05) is 12.1 Å². The number of hydrogen-bond acceptors (Lipinski definition) is 4. The van der Waals surface area contributed by atoms with Crippen LogP contribution in [0.25, 0.3) is 0 Å². The maximum atomic E-state index is 12.1. The summed E-state index contributed by atoms with van der Waals surface area (Å²) in [4.78, 5) is 29.0.